The fraction of sp³-hybridized carbons (Fsp3) is 0.100. The van der Waals surface area contributed by atoms with Crippen molar-refractivity contribution in [1.29, 1.82) is 0 Å². The van der Waals surface area contributed by atoms with Gasteiger partial charge in [-0.05, 0) is 30.3 Å². The second kappa shape index (κ2) is 8.75. The zero-order chi connectivity index (χ0) is 20.9. The second-order valence-corrected chi connectivity index (χ2v) is 6.59. The van der Waals surface area contributed by atoms with Crippen molar-refractivity contribution >= 4 is 29.0 Å². The summed E-state index contributed by atoms with van der Waals surface area (Å²) in [5.74, 6) is 0.332. The molecule has 0 aliphatic rings. The van der Waals surface area contributed by atoms with Gasteiger partial charge in [-0.1, -0.05) is 35.9 Å². The largest absolute Gasteiger partial charge is 0.475 e. The Morgan fingerprint density at radius 1 is 1.10 bits per heavy atom. The van der Waals surface area contributed by atoms with Gasteiger partial charge >= 0.3 is 6.03 Å². The van der Waals surface area contributed by atoms with Crippen LogP contribution in [0.5, 0.6) is 5.88 Å². The highest BCUT2D eigenvalue weighted by Crippen LogP contribution is 2.21. The zero-order valence-electron chi connectivity index (χ0n) is 15.5. The minimum absolute atomic E-state index is 0.186. The number of anilines is 1. The van der Waals surface area contributed by atoms with Crippen molar-refractivity contribution in [3.8, 4) is 17.3 Å². The molecule has 4 rings (SSSR count). The summed E-state index contributed by atoms with van der Waals surface area (Å²) < 4.78 is 20.6. The number of rotatable bonds is 6. The number of benzene rings is 2. The minimum atomic E-state index is -0.401. The molecule has 0 saturated carbocycles. The van der Waals surface area contributed by atoms with Gasteiger partial charge in [0.05, 0.1) is 17.3 Å². The van der Waals surface area contributed by atoms with Crippen LogP contribution in [0.3, 0.4) is 0 Å². The zero-order valence-corrected chi connectivity index (χ0v) is 16.3. The minimum Gasteiger partial charge on any atom is -0.475 e. The number of hydrogen-bond donors (Lipinski definition) is 2. The third-order valence-electron chi connectivity index (χ3n) is 4.08. The van der Waals surface area contributed by atoms with Gasteiger partial charge in [0.25, 0.3) is 0 Å². The first-order chi connectivity index (χ1) is 14.6. The molecule has 2 aromatic carbocycles. The van der Waals surface area contributed by atoms with E-state index in [1.54, 1.807) is 48.5 Å². The number of aromatic nitrogens is 4. The molecule has 2 aromatic heterocycles. The predicted octanol–water partition coefficient (Wildman–Crippen LogP) is 3.78. The molecule has 30 heavy (non-hydrogen) atoms. The lowest BCUT2D eigenvalue weighted by molar-refractivity contribution is 0.246. The standard InChI is InChI=1S/C20H16ClFN6O2/c21-15-6-1-2-7-16(15)24-20(29)23-10-11-30-18-9-8-17-25-26-19(28(17)27-18)13-4-3-5-14(22)12-13/h1-9,12H,10-11H2,(H2,23,24,29). The van der Waals surface area contributed by atoms with Gasteiger partial charge in [-0.3, -0.25) is 0 Å². The smallest absolute Gasteiger partial charge is 0.319 e. The first kappa shape index (κ1) is 19.6. The first-order valence-electron chi connectivity index (χ1n) is 9.01. The fourth-order valence-electron chi connectivity index (χ4n) is 2.71. The van der Waals surface area contributed by atoms with Gasteiger partial charge < -0.3 is 15.4 Å². The molecule has 0 aliphatic carbocycles. The highest BCUT2D eigenvalue weighted by Gasteiger charge is 2.11. The normalized spacial score (nSPS) is 10.7. The highest BCUT2D eigenvalue weighted by molar-refractivity contribution is 6.33. The van der Waals surface area contributed by atoms with Gasteiger partial charge in [0.1, 0.15) is 12.4 Å². The quantitative estimate of drug-likeness (QED) is 0.457. The molecule has 0 fully saturated rings. The maximum Gasteiger partial charge on any atom is 0.319 e. The van der Waals surface area contributed by atoms with E-state index in [2.05, 4.69) is 25.9 Å². The summed E-state index contributed by atoms with van der Waals surface area (Å²) in [7, 11) is 0. The monoisotopic (exact) mass is 426 g/mol. The number of nitrogens with zero attached hydrogens (tertiary/aromatic N) is 4. The summed E-state index contributed by atoms with van der Waals surface area (Å²) in [6.07, 6.45) is 0. The van der Waals surface area contributed by atoms with Gasteiger partial charge in [0.2, 0.25) is 5.88 Å². The number of urea groups is 1. The molecule has 0 unspecified atom stereocenters. The molecule has 0 saturated heterocycles. The van der Waals surface area contributed by atoms with E-state index in [1.165, 1.54) is 16.6 Å². The molecule has 2 heterocycles. The summed E-state index contributed by atoms with van der Waals surface area (Å²) in [5, 5.41) is 18.2. The van der Waals surface area contributed by atoms with E-state index >= 15 is 0 Å². The van der Waals surface area contributed by atoms with E-state index in [0.29, 0.717) is 33.6 Å². The molecule has 0 spiro atoms. The van der Waals surface area contributed by atoms with Gasteiger partial charge in [-0.2, -0.15) is 4.52 Å². The number of amides is 2. The lowest BCUT2D eigenvalue weighted by Crippen LogP contribution is -2.32. The molecular formula is C20H16ClFN6O2. The Labute approximate surface area is 175 Å². The number of carbonyl (C=O) groups is 1. The van der Waals surface area contributed by atoms with Crippen molar-refractivity contribution < 1.29 is 13.9 Å². The molecule has 0 bridgehead atoms. The molecule has 0 radical (unpaired) electrons. The second-order valence-electron chi connectivity index (χ2n) is 6.18. The van der Waals surface area contributed by atoms with Gasteiger partial charge in [0, 0.05) is 11.6 Å². The van der Waals surface area contributed by atoms with Crippen molar-refractivity contribution in [1.82, 2.24) is 25.1 Å². The fourth-order valence-corrected chi connectivity index (χ4v) is 2.89. The Morgan fingerprint density at radius 2 is 1.97 bits per heavy atom. The number of fused-ring (bicyclic) bond motifs is 1. The average molecular weight is 427 g/mol. The Kier molecular flexibility index (Phi) is 5.71. The van der Waals surface area contributed by atoms with Crippen molar-refractivity contribution in [2.75, 3.05) is 18.5 Å². The number of ether oxygens (including phenoxy) is 1. The highest BCUT2D eigenvalue weighted by atomic mass is 35.5. The van der Waals surface area contributed by atoms with Crippen LogP contribution >= 0.6 is 11.6 Å². The van der Waals surface area contributed by atoms with Crippen LogP contribution in [0.1, 0.15) is 0 Å². The summed E-state index contributed by atoms with van der Waals surface area (Å²) in [6, 6.07) is 15.9. The summed E-state index contributed by atoms with van der Waals surface area (Å²) in [4.78, 5) is 11.9. The average Bonchev–Trinajstić information content (AvgIpc) is 3.16. The van der Waals surface area contributed by atoms with E-state index in [9.17, 15) is 9.18 Å². The van der Waals surface area contributed by atoms with Crippen LogP contribution in [0, 0.1) is 5.82 Å². The Bertz CT molecular complexity index is 1200. The van der Waals surface area contributed by atoms with E-state index in [-0.39, 0.29) is 19.0 Å². The van der Waals surface area contributed by atoms with Crippen LogP contribution in [0.15, 0.2) is 60.7 Å². The van der Waals surface area contributed by atoms with E-state index in [4.69, 9.17) is 16.3 Å². The third-order valence-corrected chi connectivity index (χ3v) is 4.41. The molecule has 2 amide bonds. The Balaban J connectivity index is 1.36. The van der Waals surface area contributed by atoms with Gasteiger partial charge in [0.15, 0.2) is 11.5 Å². The molecule has 0 atom stereocenters. The Morgan fingerprint density at radius 3 is 2.80 bits per heavy atom. The molecule has 4 aromatic rings. The van der Waals surface area contributed by atoms with Crippen molar-refractivity contribution in [3.63, 3.8) is 0 Å². The maximum atomic E-state index is 13.5. The van der Waals surface area contributed by atoms with Gasteiger partial charge in [-0.25, -0.2) is 9.18 Å². The maximum absolute atomic E-state index is 13.5. The first-order valence-corrected chi connectivity index (χ1v) is 9.38. The molecule has 8 nitrogen and oxygen atoms in total. The number of nitrogens with one attached hydrogen (secondary N) is 2. The Hall–Kier alpha value is -3.72. The summed E-state index contributed by atoms with van der Waals surface area (Å²) in [6.45, 7) is 0.431. The van der Waals surface area contributed by atoms with Crippen molar-refractivity contribution in [2.24, 2.45) is 0 Å². The van der Waals surface area contributed by atoms with Crippen molar-refractivity contribution in [3.05, 3.63) is 71.5 Å². The van der Waals surface area contributed by atoms with E-state index < -0.39 is 6.03 Å². The molecule has 2 N–H and O–H groups in total. The van der Waals surface area contributed by atoms with Crippen LogP contribution in [-0.4, -0.2) is 39.0 Å². The molecular weight excluding hydrogens is 411 g/mol. The van der Waals surface area contributed by atoms with Gasteiger partial charge in [-0.15, -0.1) is 15.3 Å². The molecule has 152 valence electrons. The molecule has 10 heteroatoms. The lowest BCUT2D eigenvalue weighted by atomic mass is 10.2. The number of carbonyl (C=O) groups excluding carboxylic acids is 1. The van der Waals surface area contributed by atoms with Crippen LogP contribution < -0.4 is 15.4 Å². The SMILES string of the molecule is O=C(NCCOc1ccc2nnc(-c3cccc(F)c3)n2n1)Nc1ccccc1Cl. The van der Waals surface area contributed by atoms with Crippen LogP contribution in [0.2, 0.25) is 5.02 Å². The number of para-hydroxylation sites is 1. The van der Waals surface area contributed by atoms with E-state index in [0.717, 1.165) is 0 Å². The summed E-state index contributed by atoms with van der Waals surface area (Å²) >= 11 is 6.00. The predicted molar refractivity (Wildman–Crippen MR) is 110 cm³/mol. The van der Waals surface area contributed by atoms with Crippen LogP contribution in [0.4, 0.5) is 14.9 Å². The molecule has 0 aliphatic heterocycles. The third kappa shape index (κ3) is 4.47. The lowest BCUT2D eigenvalue weighted by Gasteiger charge is -2.09. The van der Waals surface area contributed by atoms with Crippen molar-refractivity contribution in [2.45, 2.75) is 0 Å². The number of halogens is 2. The van der Waals surface area contributed by atoms with Crippen LogP contribution in [-0.2, 0) is 0 Å². The topological polar surface area (TPSA) is 93.4 Å². The number of hydrogen-bond acceptors (Lipinski definition) is 5. The van der Waals surface area contributed by atoms with E-state index in [1.807, 2.05) is 0 Å². The summed E-state index contributed by atoms with van der Waals surface area (Å²) in [5.41, 5.74) is 1.56. The van der Waals surface area contributed by atoms with Crippen LogP contribution in [0.25, 0.3) is 17.0 Å².